The highest BCUT2D eigenvalue weighted by Crippen LogP contribution is 2.31. The summed E-state index contributed by atoms with van der Waals surface area (Å²) < 4.78 is 28.5. The van der Waals surface area contributed by atoms with Crippen LogP contribution in [0.4, 0.5) is 8.78 Å². The highest BCUT2D eigenvalue weighted by atomic mass is 19.3. The van der Waals surface area contributed by atoms with Gasteiger partial charge in [0.25, 0.3) is 0 Å². The van der Waals surface area contributed by atoms with Gasteiger partial charge in [0.2, 0.25) is 0 Å². The van der Waals surface area contributed by atoms with Crippen molar-refractivity contribution in [1.82, 2.24) is 10.6 Å². The molecule has 1 atom stereocenters. The summed E-state index contributed by atoms with van der Waals surface area (Å²) >= 11 is 0. The van der Waals surface area contributed by atoms with E-state index in [0.717, 1.165) is 25.4 Å². The maximum absolute atomic E-state index is 12.1. The van der Waals surface area contributed by atoms with E-state index in [9.17, 15) is 13.9 Å². The van der Waals surface area contributed by atoms with Gasteiger partial charge in [-0.05, 0) is 37.0 Å². The van der Waals surface area contributed by atoms with E-state index < -0.39 is 12.7 Å². The SMILES string of the molecule is CCNC(=NCC(O)c1ccc(OC(F)F)cc1)NCCC1CC1. The second-order valence-corrected chi connectivity index (χ2v) is 5.84. The van der Waals surface area contributed by atoms with Crippen LogP contribution in [0.3, 0.4) is 0 Å². The minimum Gasteiger partial charge on any atom is -0.435 e. The fourth-order valence-electron chi connectivity index (χ4n) is 2.30. The summed E-state index contributed by atoms with van der Waals surface area (Å²) in [6.07, 6.45) is 2.97. The number of aliphatic imine (C=N–C) groups is 1. The predicted octanol–water partition coefficient (Wildman–Crippen LogP) is 2.68. The molecule has 134 valence electrons. The largest absolute Gasteiger partial charge is 0.435 e. The Hall–Kier alpha value is -1.89. The lowest BCUT2D eigenvalue weighted by Gasteiger charge is -2.13. The zero-order chi connectivity index (χ0) is 17.4. The molecule has 0 amide bonds. The molecule has 0 heterocycles. The summed E-state index contributed by atoms with van der Waals surface area (Å²) in [7, 11) is 0. The lowest BCUT2D eigenvalue weighted by Crippen LogP contribution is -2.38. The molecule has 7 heteroatoms. The van der Waals surface area contributed by atoms with Crippen molar-refractivity contribution in [3.05, 3.63) is 29.8 Å². The second kappa shape index (κ2) is 9.42. The van der Waals surface area contributed by atoms with Crippen molar-refractivity contribution in [2.24, 2.45) is 10.9 Å². The van der Waals surface area contributed by atoms with Crippen LogP contribution in [0.25, 0.3) is 0 Å². The number of alkyl halides is 2. The van der Waals surface area contributed by atoms with Gasteiger partial charge in [0.05, 0.1) is 12.6 Å². The first-order valence-electron chi connectivity index (χ1n) is 8.33. The van der Waals surface area contributed by atoms with Crippen LogP contribution in [-0.4, -0.2) is 37.3 Å². The van der Waals surface area contributed by atoms with E-state index in [4.69, 9.17) is 0 Å². The number of benzene rings is 1. The number of nitrogens with zero attached hydrogens (tertiary/aromatic N) is 1. The first-order chi connectivity index (χ1) is 11.6. The van der Waals surface area contributed by atoms with Crippen LogP contribution in [0.5, 0.6) is 5.75 Å². The number of ether oxygens (including phenoxy) is 1. The standard InChI is InChI=1S/C17H25F2N3O2/c1-2-20-17(21-10-9-12-3-4-12)22-11-15(23)13-5-7-14(8-6-13)24-16(18)19/h5-8,12,15-16,23H,2-4,9-11H2,1H3,(H2,20,21,22). The normalized spacial score (nSPS) is 16.1. The van der Waals surface area contributed by atoms with Crippen molar-refractivity contribution < 1.29 is 18.6 Å². The number of aliphatic hydroxyl groups excluding tert-OH is 1. The fraction of sp³-hybridized carbons (Fsp3) is 0.588. The molecule has 1 unspecified atom stereocenters. The molecule has 0 spiro atoms. The molecule has 1 aromatic carbocycles. The molecule has 3 N–H and O–H groups in total. The monoisotopic (exact) mass is 341 g/mol. The Labute approximate surface area is 141 Å². The van der Waals surface area contributed by atoms with Crippen LogP contribution < -0.4 is 15.4 Å². The molecule has 0 aromatic heterocycles. The lowest BCUT2D eigenvalue weighted by molar-refractivity contribution is -0.0498. The van der Waals surface area contributed by atoms with Crippen molar-refractivity contribution in [2.45, 2.75) is 38.9 Å². The summed E-state index contributed by atoms with van der Waals surface area (Å²) in [5.74, 6) is 1.59. The number of rotatable bonds is 9. The summed E-state index contributed by atoms with van der Waals surface area (Å²) in [6.45, 7) is 0.927. The van der Waals surface area contributed by atoms with Crippen LogP contribution in [0, 0.1) is 5.92 Å². The van der Waals surface area contributed by atoms with Gasteiger partial charge in [0, 0.05) is 13.1 Å². The van der Waals surface area contributed by atoms with Crippen LogP contribution >= 0.6 is 0 Å². The van der Waals surface area contributed by atoms with Gasteiger partial charge in [-0.15, -0.1) is 0 Å². The molecule has 0 aliphatic heterocycles. The number of hydrogen-bond acceptors (Lipinski definition) is 3. The number of aliphatic hydroxyl groups is 1. The zero-order valence-electron chi connectivity index (χ0n) is 13.8. The number of nitrogens with one attached hydrogen (secondary N) is 2. The summed E-state index contributed by atoms with van der Waals surface area (Å²) in [6, 6.07) is 5.94. The quantitative estimate of drug-likeness (QED) is 0.477. The molecular weight excluding hydrogens is 316 g/mol. The van der Waals surface area contributed by atoms with Crippen molar-refractivity contribution in [2.75, 3.05) is 19.6 Å². The van der Waals surface area contributed by atoms with Crippen molar-refractivity contribution in [3.8, 4) is 5.75 Å². The Bertz CT molecular complexity index is 519. The summed E-state index contributed by atoms with van der Waals surface area (Å²) in [5, 5.41) is 16.6. The van der Waals surface area contributed by atoms with E-state index >= 15 is 0 Å². The van der Waals surface area contributed by atoms with Crippen LogP contribution in [0.15, 0.2) is 29.3 Å². The van der Waals surface area contributed by atoms with Gasteiger partial charge in [0.1, 0.15) is 5.75 Å². The third-order valence-corrected chi connectivity index (χ3v) is 3.80. The minimum atomic E-state index is -2.85. The van der Waals surface area contributed by atoms with Gasteiger partial charge < -0.3 is 20.5 Å². The molecule has 2 rings (SSSR count). The van der Waals surface area contributed by atoms with E-state index in [1.807, 2.05) is 6.92 Å². The second-order valence-electron chi connectivity index (χ2n) is 5.84. The Morgan fingerprint density at radius 1 is 1.29 bits per heavy atom. The molecule has 1 saturated carbocycles. The van der Waals surface area contributed by atoms with Gasteiger partial charge >= 0.3 is 6.61 Å². The highest BCUT2D eigenvalue weighted by Gasteiger charge is 2.20. The Balaban J connectivity index is 1.83. The molecule has 0 saturated heterocycles. The first-order valence-corrected chi connectivity index (χ1v) is 8.33. The Morgan fingerprint density at radius 3 is 2.58 bits per heavy atom. The molecule has 1 aliphatic rings. The summed E-state index contributed by atoms with van der Waals surface area (Å²) in [5.41, 5.74) is 0.606. The lowest BCUT2D eigenvalue weighted by atomic mass is 10.1. The summed E-state index contributed by atoms with van der Waals surface area (Å²) in [4.78, 5) is 4.37. The average Bonchev–Trinajstić information content (AvgIpc) is 3.36. The van der Waals surface area contributed by atoms with E-state index in [0.29, 0.717) is 11.5 Å². The van der Waals surface area contributed by atoms with E-state index in [1.165, 1.54) is 25.0 Å². The van der Waals surface area contributed by atoms with Crippen LogP contribution in [0.2, 0.25) is 0 Å². The van der Waals surface area contributed by atoms with Crippen molar-refractivity contribution in [3.63, 3.8) is 0 Å². The molecule has 1 aliphatic carbocycles. The van der Waals surface area contributed by atoms with Crippen molar-refractivity contribution >= 4 is 5.96 Å². The third kappa shape index (κ3) is 6.70. The molecule has 5 nitrogen and oxygen atoms in total. The zero-order valence-corrected chi connectivity index (χ0v) is 13.8. The molecule has 0 radical (unpaired) electrons. The minimum absolute atomic E-state index is 0.0690. The maximum Gasteiger partial charge on any atom is 0.387 e. The predicted molar refractivity (Wildman–Crippen MR) is 89.4 cm³/mol. The van der Waals surface area contributed by atoms with Crippen LogP contribution in [0.1, 0.15) is 37.9 Å². The third-order valence-electron chi connectivity index (χ3n) is 3.80. The van der Waals surface area contributed by atoms with E-state index in [-0.39, 0.29) is 12.3 Å². The van der Waals surface area contributed by atoms with E-state index in [1.54, 1.807) is 12.1 Å². The molecule has 0 bridgehead atoms. The van der Waals surface area contributed by atoms with Gasteiger partial charge in [-0.2, -0.15) is 8.78 Å². The molecule has 1 aromatic rings. The molecule has 1 fully saturated rings. The molecular formula is C17H25F2N3O2. The van der Waals surface area contributed by atoms with E-state index in [2.05, 4.69) is 20.4 Å². The van der Waals surface area contributed by atoms with Gasteiger partial charge in [0.15, 0.2) is 5.96 Å². The Kier molecular flexibility index (Phi) is 7.24. The average molecular weight is 341 g/mol. The van der Waals surface area contributed by atoms with Gasteiger partial charge in [-0.3, -0.25) is 4.99 Å². The van der Waals surface area contributed by atoms with Crippen LogP contribution in [-0.2, 0) is 0 Å². The number of halogens is 2. The Morgan fingerprint density at radius 2 is 2.00 bits per heavy atom. The number of guanidine groups is 1. The maximum atomic E-state index is 12.1. The fourth-order valence-corrected chi connectivity index (χ4v) is 2.30. The van der Waals surface area contributed by atoms with Gasteiger partial charge in [-0.25, -0.2) is 0 Å². The first kappa shape index (κ1) is 18.4. The topological polar surface area (TPSA) is 65.9 Å². The molecule has 24 heavy (non-hydrogen) atoms. The number of hydrogen-bond donors (Lipinski definition) is 3. The van der Waals surface area contributed by atoms with Crippen molar-refractivity contribution in [1.29, 1.82) is 0 Å². The smallest absolute Gasteiger partial charge is 0.387 e. The van der Waals surface area contributed by atoms with Gasteiger partial charge in [-0.1, -0.05) is 25.0 Å². The highest BCUT2D eigenvalue weighted by molar-refractivity contribution is 5.79.